The van der Waals surface area contributed by atoms with Crippen LogP contribution in [0.1, 0.15) is 33.6 Å². The van der Waals surface area contributed by atoms with E-state index < -0.39 is 35.6 Å². The SMILES string of the molecule is O=C(O)COCCOCCOCCOCC(=O)NCCNc1cccc2c1C(=O)N(C1CCC(=O)NC1=O)C2=O. The van der Waals surface area contributed by atoms with E-state index in [1.165, 1.54) is 6.07 Å². The number of hydrogen-bond acceptors (Lipinski definition) is 11. The number of benzene rings is 1. The average molecular weight is 565 g/mol. The molecule has 2 aliphatic rings. The maximum atomic E-state index is 13.1. The molecule has 15 nitrogen and oxygen atoms in total. The van der Waals surface area contributed by atoms with E-state index in [0.717, 1.165) is 4.90 Å². The van der Waals surface area contributed by atoms with Gasteiger partial charge in [-0.1, -0.05) is 6.07 Å². The minimum Gasteiger partial charge on any atom is -0.480 e. The van der Waals surface area contributed by atoms with Crippen LogP contribution in [-0.4, -0.2) is 117 Å². The van der Waals surface area contributed by atoms with Gasteiger partial charge in [0.05, 0.1) is 50.8 Å². The molecule has 1 atom stereocenters. The molecule has 218 valence electrons. The van der Waals surface area contributed by atoms with Crippen molar-refractivity contribution in [2.24, 2.45) is 0 Å². The van der Waals surface area contributed by atoms with Crippen LogP contribution in [0.2, 0.25) is 0 Å². The number of carbonyl (C=O) groups is 6. The smallest absolute Gasteiger partial charge is 0.329 e. The first kappa shape index (κ1) is 30.6. The summed E-state index contributed by atoms with van der Waals surface area (Å²) in [4.78, 5) is 72.8. The summed E-state index contributed by atoms with van der Waals surface area (Å²) in [5.41, 5.74) is 0.699. The van der Waals surface area contributed by atoms with Crippen LogP contribution in [0, 0.1) is 0 Å². The molecule has 3 rings (SSSR count). The highest BCUT2D eigenvalue weighted by Gasteiger charge is 2.45. The van der Waals surface area contributed by atoms with Crippen molar-refractivity contribution in [2.75, 3.05) is 71.3 Å². The fourth-order valence-electron chi connectivity index (χ4n) is 3.99. The number of hydrogen-bond donors (Lipinski definition) is 4. The summed E-state index contributed by atoms with van der Waals surface area (Å²) >= 11 is 0. The number of amides is 5. The number of carboxylic acid groups (broad SMARTS) is 1. The van der Waals surface area contributed by atoms with Gasteiger partial charge in [-0.2, -0.15) is 0 Å². The summed E-state index contributed by atoms with van der Waals surface area (Å²) < 4.78 is 20.6. The lowest BCUT2D eigenvalue weighted by molar-refractivity contribution is -0.143. The lowest BCUT2D eigenvalue weighted by Crippen LogP contribution is -2.54. The minimum atomic E-state index is -1.05. The van der Waals surface area contributed by atoms with Gasteiger partial charge in [0.15, 0.2) is 0 Å². The molecule has 0 aliphatic carbocycles. The Hall–Kier alpha value is -3.92. The summed E-state index contributed by atoms with van der Waals surface area (Å²) in [6.07, 6.45) is 0.107. The quantitative estimate of drug-likeness (QED) is 0.122. The third-order valence-electron chi connectivity index (χ3n) is 5.81. The monoisotopic (exact) mass is 564 g/mol. The number of imide groups is 2. The van der Waals surface area contributed by atoms with Gasteiger partial charge >= 0.3 is 5.97 Å². The van der Waals surface area contributed by atoms with E-state index in [1.54, 1.807) is 12.1 Å². The third-order valence-corrected chi connectivity index (χ3v) is 5.81. The average Bonchev–Trinajstić information content (AvgIpc) is 3.17. The van der Waals surface area contributed by atoms with Crippen molar-refractivity contribution in [1.29, 1.82) is 0 Å². The molecule has 0 saturated carbocycles. The molecule has 2 aliphatic heterocycles. The molecule has 1 aromatic rings. The number of piperidine rings is 1. The van der Waals surface area contributed by atoms with E-state index in [0.29, 0.717) is 18.9 Å². The minimum absolute atomic E-state index is 0.0370. The van der Waals surface area contributed by atoms with Crippen LogP contribution in [0.25, 0.3) is 0 Å². The van der Waals surface area contributed by atoms with Gasteiger partial charge < -0.3 is 34.7 Å². The molecular weight excluding hydrogens is 532 g/mol. The first-order chi connectivity index (χ1) is 19.3. The first-order valence-electron chi connectivity index (χ1n) is 12.7. The number of carbonyl (C=O) groups excluding carboxylic acids is 5. The van der Waals surface area contributed by atoms with E-state index in [2.05, 4.69) is 16.0 Å². The van der Waals surface area contributed by atoms with Crippen LogP contribution in [0.15, 0.2) is 18.2 Å². The zero-order chi connectivity index (χ0) is 28.9. The number of rotatable bonds is 18. The highest BCUT2D eigenvalue weighted by Crippen LogP contribution is 2.32. The van der Waals surface area contributed by atoms with Crippen molar-refractivity contribution in [3.8, 4) is 0 Å². The third kappa shape index (κ3) is 8.81. The maximum Gasteiger partial charge on any atom is 0.329 e. The first-order valence-corrected chi connectivity index (χ1v) is 12.7. The summed E-state index contributed by atoms with van der Waals surface area (Å²) in [7, 11) is 0. The second-order valence-electron chi connectivity index (χ2n) is 8.68. The van der Waals surface area contributed by atoms with Gasteiger partial charge in [-0.15, -0.1) is 0 Å². The van der Waals surface area contributed by atoms with E-state index >= 15 is 0 Å². The van der Waals surface area contributed by atoms with Crippen molar-refractivity contribution in [3.63, 3.8) is 0 Å². The fourth-order valence-corrected chi connectivity index (χ4v) is 3.99. The molecule has 1 aromatic carbocycles. The van der Waals surface area contributed by atoms with E-state index in [9.17, 15) is 28.8 Å². The van der Waals surface area contributed by atoms with E-state index in [-0.39, 0.29) is 82.6 Å². The topological polar surface area (TPSA) is 199 Å². The number of nitrogens with one attached hydrogen (secondary N) is 3. The van der Waals surface area contributed by atoms with Crippen LogP contribution in [-0.2, 0) is 38.1 Å². The van der Waals surface area contributed by atoms with Crippen molar-refractivity contribution < 1.29 is 52.8 Å². The highest BCUT2D eigenvalue weighted by molar-refractivity contribution is 6.25. The Morgan fingerprint density at radius 1 is 0.900 bits per heavy atom. The van der Waals surface area contributed by atoms with Crippen molar-refractivity contribution in [2.45, 2.75) is 18.9 Å². The predicted molar refractivity (Wildman–Crippen MR) is 136 cm³/mol. The van der Waals surface area contributed by atoms with Gasteiger partial charge in [-0.25, -0.2) is 4.79 Å². The zero-order valence-corrected chi connectivity index (χ0v) is 21.8. The number of carboxylic acids is 1. The predicted octanol–water partition coefficient (Wildman–Crippen LogP) is -1.23. The van der Waals surface area contributed by atoms with Crippen LogP contribution < -0.4 is 16.0 Å². The van der Waals surface area contributed by atoms with E-state index in [4.69, 9.17) is 24.1 Å². The zero-order valence-electron chi connectivity index (χ0n) is 21.8. The Morgan fingerprint density at radius 3 is 2.20 bits per heavy atom. The van der Waals surface area contributed by atoms with Crippen LogP contribution in [0.5, 0.6) is 0 Å². The number of fused-ring (bicyclic) bond motifs is 1. The Balaban J connectivity index is 1.29. The normalized spacial score (nSPS) is 16.6. The van der Waals surface area contributed by atoms with Crippen LogP contribution in [0.3, 0.4) is 0 Å². The van der Waals surface area contributed by atoms with Crippen LogP contribution >= 0.6 is 0 Å². The van der Waals surface area contributed by atoms with Gasteiger partial charge in [-0.3, -0.25) is 34.2 Å². The fraction of sp³-hybridized carbons (Fsp3) is 0.520. The van der Waals surface area contributed by atoms with Gasteiger partial charge in [0.2, 0.25) is 17.7 Å². The molecule has 0 spiro atoms. The maximum absolute atomic E-state index is 13.1. The van der Waals surface area contributed by atoms with Gasteiger partial charge in [-0.05, 0) is 18.6 Å². The van der Waals surface area contributed by atoms with Gasteiger partial charge in [0.1, 0.15) is 19.3 Å². The molecule has 0 aromatic heterocycles. The molecule has 1 fully saturated rings. The summed E-state index contributed by atoms with van der Waals surface area (Å²) in [6, 6.07) is 3.69. The molecular formula is C25H32N4O11. The molecule has 1 unspecified atom stereocenters. The van der Waals surface area contributed by atoms with Crippen molar-refractivity contribution in [1.82, 2.24) is 15.5 Å². The number of ether oxygens (including phenoxy) is 4. The molecule has 1 saturated heterocycles. The highest BCUT2D eigenvalue weighted by atomic mass is 16.6. The lowest BCUT2D eigenvalue weighted by Gasteiger charge is -2.27. The van der Waals surface area contributed by atoms with Crippen LogP contribution in [0.4, 0.5) is 5.69 Å². The van der Waals surface area contributed by atoms with E-state index in [1.807, 2.05) is 0 Å². The molecule has 2 heterocycles. The second kappa shape index (κ2) is 15.6. The summed E-state index contributed by atoms with van der Waals surface area (Å²) in [5, 5.41) is 16.3. The number of aliphatic carboxylic acids is 1. The van der Waals surface area contributed by atoms with Crippen molar-refractivity contribution >= 4 is 41.2 Å². The second-order valence-corrected chi connectivity index (χ2v) is 8.68. The van der Waals surface area contributed by atoms with Gasteiger partial charge in [0.25, 0.3) is 11.8 Å². The Morgan fingerprint density at radius 2 is 1.55 bits per heavy atom. The Bertz CT molecular complexity index is 1110. The Kier molecular flexibility index (Phi) is 12.0. The Labute approximate surface area is 229 Å². The van der Waals surface area contributed by atoms with Gasteiger partial charge in [0, 0.05) is 25.2 Å². The van der Waals surface area contributed by atoms with Crippen molar-refractivity contribution in [3.05, 3.63) is 29.3 Å². The number of nitrogens with zero attached hydrogens (tertiary/aromatic N) is 1. The lowest BCUT2D eigenvalue weighted by atomic mass is 10.0. The summed E-state index contributed by atoms with van der Waals surface area (Å²) in [6.45, 7) is 1.44. The molecule has 15 heteroatoms. The molecule has 4 N–H and O–H groups in total. The molecule has 0 radical (unpaired) electrons. The summed E-state index contributed by atoms with van der Waals surface area (Å²) in [5.74, 6) is -3.72. The largest absolute Gasteiger partial charge is 0.480 e. The molecule has 5 amide bonds. The standard InChI is InChI=1S/C25H32N4O11/c30-19-5-4-18(23(34)28-19)29-24(35)16-2-1-3-17(22(16)25(29)36)26-6-7-27-20(31)14-39-12-10-37-8-9-38-11-13-40-15-21(32)33/h1-3,18,26H,4-15H2,(H,27,31)(H,32,33)(H,28,30,34). The molecule has 40 heavy (non-hydrogen) atoms. The number of anilines is 1. The molecule has 0 bridgehead atoms.